The van der Waals surface area contributed by atoms with Crippen LogP contribution in [0.15, 0.2) is 24.8 Å². The third-order valence-corrected chi connectivity index (χ3v) is 1.79. The molecule has 0 saturated heterocycles. The first-order valence-electron chi connectivity index (χ1n) is 3.34. The van der Waals surface area contributed by atoms with Crippen LogP contribution in [-0.2, 0) is 4.74 Å². The van der Waals surface area contributed by atoms with Gasteiger partial charge in [0.1, 0.15) is 5.76 Å². The minimum Gasteiger partial charge on any atom is -0.497 e. The minimum atomic E-state index is -0.494. The van der Waals surface area contributed by atoms with E-state index in [0.717, 1.165) is 0 Å². The molecular weight excluding hydrogens is 179 g/mol. The molecule has 0 fully saturated rings. The van der Waals surface area contributed by atoms with Gasteiger partial charge in [-0.05, 0) is 12.1 Å². The van der Waals surface area contributed by atoms with Crippen LogP contribution in [0, 0.1) is 5.82 Å². The fourth-order valence-electron chi connectivity index (χ4n) is 0.829. The number of rotatable bonds is 2. The summed E-state index contributed by atoms with van der Waals surface area (Å²) in [6, 6.07) is 4.68. The predicted molar refractivity (Wildman–Crippen MR) is 47.5 cm³/mol. The molecule has 1 aromatic rings. The van der Waals surface area contributed by atoms with Gasteiger partial charge in [-0.25, -0.2) is 4.39 Å². The molecule has 0 amide bonds. The molecule has 1 rings (SSSR count). The van der Waals surface area contributed by atoms with Crippen LogP contribution in [0.5, 0.6) is 0 Å². The van der Waals surface area contributed by atoms with Crippen molar-refractivity contribution in [3.63, 3.8) is 0 Å². The molecule has 0 heterocycles. The molecule has 0 aromatic heterocycles. The SMILES string of the molecule is C=C(OC)c1cccc(Cl)c1F. The molecule has 1 aromatic carbocycles. The topological polar surface area (TPSA) is 9.23 Å². The molecule has 0 spiro atoms. The number of benzene rings is 1. The Labute approximate surface area is 75.4 Å². The standard InChI is InChI=1S/C9H8ClFO/c1-6(12-2)7-4-3-5-8(10)9(7)11/h3-5H,1H2,2H3. The van der Waals surface area contributed by atoms with Crippen molar-refractivity contribution in [2.45, 2.75) is 0 Å². The number of hydrogen-bond acceptors (Lipinski definition) is 1. The van der Waals surface area contributed by atoms with Gasteiger partial charge in [-0.15, -0.1) is 0 Å². The summed E-state index contributed by atoms with van der Waals surface area (Å²) < 4.78 is 17.9. The van der Waals surface area contributed by atoms with Crippen LogP contribution in [0.1, 0.15) is 5.56 Å². The molecule has 12 heavy (non-hydrogen) atoms. The van der Waals surface area contributed by atoms with E-state index in [1.807, 2.05) is 0 Å². The van der Waals surface area contributed by atoms with Gasteiger partial charge >= 0.3 is 0 Å². The molecule has 0 N–H and O–H groups in total. The molecular formula is C9H8ClFO. The average molecular weight is 187 g/mol. The van der Waals surface area contributed by atoms with Gasteiger partial charge in [0.15, 0.2) is 5.82 Å². The molecule has 0 unspecified atom stereocenters. The van der Waals surface area contributed by atoms with Crippen LogP contribution >= 0.6 is 11.6 Å². The van der Waals surface area contributed by atoms with E-state index in [2.05, 4.69) is 6.58 Å². The van der Waals surface area contributed by atoms with Crippen LogP contribution < -0.4 is 0 Å². The van der Waals surface area contributed by atoms with Crippen molar-refractivity contribution < 1.29 is 9.13 Å². The van der Waals surface area contributed by atoms with Gasteiger partial charge in [0.05, 0.1) is 17.7 Å². The lowest BCUT2D eigenvalue weighted by atomic mass is 10.2. The lowest BCUT2D eigenvalue weighted by molar-refractivity contribution is 0.368. The summed E-state index contributed by atoms with van der Waals surface area (Å²) in [5, 5.41) is 0.0747. The molecule has 0 aliphatic heterocycles. The maximum Gasteiger partial charge on any atom is 0.152 e. The summed E-state index contributed by atoms with van der Waals surface area (Å²) in [5.74, 6) is -0.221. The van der Waals surface area contributed by atoms with E-state index in [1.165, 1.54) is 13.2 Å². The Hall–Kier alpha value is -1.02. The maximum absolute atomic E-state index is 13.2. The zero-order chi connectivity index (χ0) is 9.14. The van der Waals surface area contributed by atoms with E-state index in [9.17, 15) is 4.39 Å². The van der Waals surface area contributed by atoms with Crippen molar-refractivity contribution in [1.82, 2.24) is 0 Å². The Bertz CT molecular complexity index is 309. The molecule has 0 radical (unpaired) electrons. The molecule has 0 saturated carbocycles. The van der Waals surface area contributed by atoms with Crippen molar-refractivity contribution in [2.24, 2.45) is 0 Å². The summed E-state index contributed by atoms with van der Waals surface area (Å²) in [7, 11) is 1.43. The number of halogens is 2. The van der Waals surface area contributed by atoms with Gasteiger partial charge in [-0.1, -0.05) is 24.2 Å². The Kier molecular flexibility index (Phi) is 2.71. The lowest BCUT2D eigenvalue weighted by Gasteiger charge is -2.05. The van der Waals surface area contributed by atoms with Crippen molar-refractivity contribution in [2.75, 3.05) is 7.11 Å². The third kappa shape index (κ3) is 1.59. The second-order valence-electron chi connectivity index (χ2n) is 2.23. The Morgan fingerprint density at radius 3 is 2.83 bits per heavy atom. The van der Waals surface area contributed by atoms with E-state index in [1.54, 1.807) is 12.1 Å². The van der Waals surface area contributed by atoms with E-state index >= 15 is 0 Å². The van der Waals surface area contributed by atoms with Crippen LogP contribution in [0.3, 0.4) is 0 Å². The summed E-state index contributed by atoms with van der Waals surface area (Å²) in [6.45, 7) is 3.52. The number of hydrogen-bond donors (Lipinski definition) is 0. The smallest absolute Gasteiger partial charge is 0.152 e. The minimum absolute atomic E-state index is 0.0747. The summed E-state index contributed by atoms with van der Waals surface area (Å²) in [4.78, 5) is 0. The average Bonchev–Trinajstić information content (AvgIpc) is 2.08. The summed E-state index contributed by atoms with van der Waals surface area (Å²) >= 11 is 5.54. The third-order valence-electron chi connectivity index (χ3n) is 1.50. The molecule has 0 bridgehead atoms. The van der Waals surface area contributed by atoms with Gasteiger partial charge in [-0.2, -0.15) is 0 Å². The van der Waals surface area contributed by atoms with E-state index < -0.39 is 5.82 Å². The highest BCUT2D eigenvalue weighted by molar-refractivity contribution is 6.30. The van der Waals surface area contributed by atoms with Crippen LogP contribution in [0.4, 0.5) is 4.39 Å². The first-order valence-corrected chi connectivity index (χ1v) is 3.72. The highest BCUT2D eigenvalue weighted by Gasteiger charge is 2.08. The molecule has 0 atom stereocenters. The molecule has 64 valence electrons. The van der Waals surface area contributed by atoms with Crippen LogP contribution in [0.25, 0.3) is 5.76 Å². The normalized spacial score (nSPS) is 9.58. The number of methoxy groups -OCH3 is 1. The summed E-state index contributed by atoms with van der Waals surface area (Å²) in [6.07, 6.45) is 0. The van der Waals surface area contributed by atoms with E-state index in [4.69, 9.17) is 16.3 Å². The zero-order valence-corrected chi connectivity index (χ0v) is 7.36. The van der Waals surface area contributed by atoms with Gasteiger partial charge < -0.3 is 4.74 Å². The van der Waals surface area contributed by atoms with Crippen LogP contribution in [-0.4, -0.2) is 7.11 Å². The quantitative estimate of drug-likeness (QED) is 0.645. The molecule has 3 heteroatoms. The highest BCUT2D eigenvalue weighted by atomic mass is 35.5. The Morgan fingerprint density at radius 1 is 1.58 bits per heavy atom. The van der Waals surface area contributed by atoms with Crippen molar-refractivity contribution >= 4 is 17.4 Å². The predicted octanol–water partition coefficient (Wildman–Crippen LogP) is 3.10. The highest BCUT2D eigenvalue weighted by Crippen LogP contribution is 2.23. The fourth-order valence-corrected chi connectivity index (χ4v) is 1.00. The van der Waals surface area contributed by atoms with Crippen molar-refractivity contribution in [3.8, 4) is 0 Å². The monoisotopic (exact) mass is 186 g/mol. The van der Waals surface area contributed by atoms with Crippen molar-refractivity contribution in [3.05, 3.63) is 41.2 Å². The lowest BCUT2D eigenvalue weighted by Crippen LogP contribution is -1.90. The number of ether oxygens (including phenoxy) is 1. The molecule has 1 nitrogen and oxygen atoms in total. The second kappa shape index (κ2) is 3.59. The van der Waals surface area contributed by atoms with Gasteiger partial charge in [0.2, 0.25) is 0 Å². The zero-order valence-electron chi connectivity index (χ0n) is 6.60. The van der Waals surface area contributed by atoms with Gasteiger partial charge in [0, 0.05) is 0 Å². The Balaban J connectivity index is 3.16. The van der Waals surface area contributed by atoms with Gasteiger partial charge in [-0.3, -0.25) is 0 Å². The molecule has 0 aliphatic rings. The summed E-state index contributed by atoms with van der Waals surface area (Å²) in [5.41, 5.74) is 0.296. The molecule has 0 aliphatic carbocycles. The van der Waals surface area contributed by atoms with E-state index in [0.29, 0.717) is 5.56 Å². The first kappa shape index (κ1) is 9.07. The first-order chi connectivity index (χ1) is 5.66. The Morgan fingerprint density at radius 2 is 2.25 bits per heavy atom. The van der Waals surface area contributed by atoms with Crippen molar-refractivity contribution in [1.29, 1.82) is 0 Å². The van der Waals surface area contributed by atoms with Gasteiger partial charge in [0.25, 0.3) is 0 Å². The maximum atomic E-state index is 13.2. The largest absolute Gasteiger partial charge is 0.497 e. The van der Waals surface area contributed by atoms with Crippen LogP contribution in [0.2, 0.25) is 5.02 Å². The fraction of sp³-hybridized carbons (Fsp3) is 0.111. The van der Waals surface area contributed by atoms with E-state index in [-0.39, 0.29) is 10.8 Å². The second-order valence-corrected chi connectivity index (χ2v) is 2.64.